The highest BCUT2D eigenvalue weighted by atomic mass is 16.5. The maximum Gasteiger partial charge on any atom is 0.335 e. The molecule has 4 N–H and O–H groups in total. The summed E-state index contributed by atoms with van der Waals surface area (Å²) in [6.45, 7) is 3.24. The van der Waals surface area contributed by atoms with E-state index in [1.54, 1.807) is 7.11 Å². The Morgan fingerprint density at radius 2 is 1.67 bits per heavy atom. The number of nitrogens with zero attached hydrogens (tertiary/aromatic N) is 2. The molecule has 1 aromatic carbocycles. The number of aliphatic carboxylic acids is 2. The van der Waals surface area contributed by atoms with Gasteiger partial charge in [-0.1, -0.05) is 13.3 Å². The zero-order chi connectivity index (χ0) is 20.4. The van der Waals surface area contributed by atoms with Gasteiger partial charge in [0.1, 0.15) is 5.75 Å². The third-order valence-corrected chi connectivity index (χ3v) is 3.59. The molecular formula is C18H24N2O7. The van der Waals surface area contributed by atoms with Crippen LogP contribution in [0.25, 0.3) is 11.3 Å². The van der Waals surface area contributed by atoms with Crippen LogP contribution in [0.3, 0.4) is 0 Å². The Morgan fingerprint density at radius 3 is 2.11 bits per heavy atom. The van der Waals surface area contributed by atoms with E-state index in [1.807, 2.05) is 30.6 Å². The number of benzene rings is 1. The van der Waals surface area contributed by atoms with E-state index in [2.05, 4.69) is 22.7 Å². The van der Waals surface area contributed by atoms with Gasteiger partial charge in [0, 0.05) is 18.3 Å². The third kappa shape index (κ3) is 7.08. The van der Waals surface area contributed by atoms with Crippen LogP contribution in [0, 0.1) is 0 Å². The van der Waals surface area contributed by atoms with Gasteiger partial charge in [-0.25, -0.2) is 14.6 Å². The fraction of sp³-hybridized carbons (Fsp3) is 0.389. The maximum absolute atomic E-state index is 9.77. The lowest BCUT2D eigenvalue weighted by Crippen LogP contribution is -2.39. The van der Waals surface area contributed by atoms with Crippen LogP contribution in [0.1, 0.15) is 19.8 Å². The minimum atomic E-state index is -2.27. The molecular weight excluding hydrogens is 356 g/mol. The summed E-state index contributed by atoms with van der Waals surface area (Å²) in [7, 11) is 1.68. The molecule has 1 heterocycles. The second-order valence-corrected chi connectivity index (χ2v) is 5.64. The Morgan fingerprint density at radius 1 is 1.11 bits per heavy atom. The molecule has 2 atom stereocenters. The van der Waals surface area contributed by atoms with Crippen LogP contribution in [-0.2, 0) is 16.1 Å². The summed E-state index contributed by atoms with van der Waals surface area (Å²) in [6.07, 6.45) is 1.86. The summed E-state index contributed by atoms with van der Waals surface area (Å²) in [5.74, 6) is -2.66. The second kappa shape index (κ2) is 10.9. The molecule has 148 valence electrons. The first-order valence-electron chi connectivity index (χ1n) is 8.28. The predicted molar refractivity (Wildman–Crippen MR) is 96.4 cm³/mol. The van der Waals surface area contributed by atoms with Crippen molar-refractivity contribution in [2.24, 2.45) is 0 Å². The Bertz CT molecular complexity index is 710. The molecule has 1 aromatic heterocycles. The molecule has 0 saturated carbocycles. The molecule has 2 aromatic rings. The molecule has 9 heteroatoms. The van der Waals surface area contributed by atoms with Crippen LogP contribution in [0.15, 0.2) is 36.8 Å². The highest BCUT2D eigenvalue weighted by Crippen LogP contribution is 2.20. The monoisotopic (exact) mass is 380 g/mol. The van der Waals surface area contributed by atoms with E-state index in [4.69, 9.17) is 25.2 Å². The first-order chi connectivity index (χ1) is 12.8. The highest BCUT2D eigenvalue weighted by molar-refractivity contribution is 5.83. The number of aliphatic hydroxyl groups is 2. The predicted octanol–water partition coefficient (Wildman–Crippen LogP) is 1.24. The van der Waals surface area contributed by atoms with Gasteiger partial charge in [-0.2, -0.15) is 0 Å². The van der Waals surface area contributed by atoms with Crippen LogP contribution >= 0.6 is 0 Å². The molecule has 0 amide bonds. The third-order valence-electron chi connectivity index (χ3n) is 3.59. The van der Waals surface area contributed by atoms with E-state index in [-0.39, 0.29) is 0 Å². The molecule has 0 aliphatic carbocycles. The lowest BCUT2D eigenvalue weighted by atomic mass is 10.2. The number of carboxylic acids is 2. The quantitative estimate of drug-likeness (QED) is 0.536. The zero-order valence-electron chi connectivity index (χ0n) is 15.1. The number of imidazole rings is 1. The Balaban J connectivity index is 0.000000314. The number of ether oxygens (including phenoxy) is 1. The number of hydrogen-bond acceptors (Lipinski definition) is 6. The number of hydrogen-bond donors (Lipinski definition) is 4. The van der Waals surface area contributed by atoms with E-state index in [0.29, 0.717) is 0 Å². The topological polar surface area (TPSA) is 142 Å². The van der Waals surface area contributed by atoms with Gasteiger partial charge in [0.2, 0.25) is 0 Å². The van der Waals surface area contributed by atoms with Crippen molar-refractivity contribution in [3.05, 3.63) is 36.8 Å². The molecule has 0 aliphatic rings. The number of aromatic nitrogens is 2. The van der Waals surface area contributed by atoms with Crippen molar-refractivity contribution < 1.29 is 34.8 Å². The SMILES string of the molecule is CCCCn1cnc(-c2ccc(OC)cc2)c1.O=C(O)[C@H](O)[C@@H](O)C(=O)O. The van der Waals surface area contributed by atoms with Crippen molar-refractivity contribution in [3.63, 3.8) is 0 Å². The summed E-state index contributed by atoms with van der Waals surface area (Å²) in [4.78, 5) is 24.0. The van der Waals surface area contributed by atoms with Gasteiger partial charge in [-0.05, 0) is 30.7 Å². The summed E-state index contributed by atoms with van der Waals surface area (Å²) >= 11 is 0. The van der Waals surface area contributed by atoms with Gasteiger partial charge < -0.3 is 29.7 Å². The van der Waals surface area contributed by atoms with Crippen LogP contribution in [0.4, 0.5) is 0 Å². The smallest absolute Gasteiger partial charge is 0.335 e. The van der Waals surface area contributed by atoms with Crippen LogP contribution in [0.2, 0.25) is 0 Å². The van der Waals surface area contributed by atoms with Crippen molar-refractivity contribution in [1.82, 2.24) is 9.55 Å². The Kier molecular flexibility index (Phi) is 8.97. The first kappa shape index (κ1) is 22.1. The fourth-order valence-corrected chi connectivity index (χ4v) is 2.00. The lowest BCUT2D eigenvalue weighted by molar-refractivity contribution is -0.165. The van der Waals surface area contributed by atoms with Crippen molar-refractivity contribution >= 4 is 11.9 Å². The number of aliphatic hydroxyl groups excluding tert-OH is 2. The number of unbranched alkanes of at least 4 members (excludes halogenated alkanes) is 1. The summed E-state index contributed by atoms with van der Waals surface area (Å²) < 4.78 is 7.28. The van der Waals surface area contributed by atoms with Crippen molar-refractivity contribution in [2.45, 2.75) is 38.5 Å². The number of aryl methyl sites for hydroxylation is 1. The number of rotatable bonds is 8. The maximum atomic E-state index is 9.77. The zero-order valence-corrected chi connectivity index (χ0v) is 15.1. The summed E-state index contributed by atoms with van der Waals surface area (Å²) in [5, 5.41) is 32.5. The molecule has 0 radical (unpaired) electrons. The van der Waals surface area contributed by atoms with Gasteiger partial charge in [-0.3, -0.25) is 0 Å². The summed E-state index contributed by atoms with van der Waals surface area (Å²) in [6, 6.07) is 7.98. The number of carbonyl (C=O) groups is 2. The van der Waals surface area contributed by atoms with Gasteiger partial charge in [0.05, 0.1) is 19.1 Å². The standard InChI is InChI=1S/C14H18N2O.C4H6O6/c1-3-4-9-16-10-14(15-11-16)12-5-7-13(17-2)8-6-12;5-1(3(7)8)2(6)4(9)10/h5-8,10-11H,3-4,9H2,1-2H3;1-2,5-6H,(H,7,8)(H,9,10)/t;1-,2-/m.1/s1. The molecule has 0 fully saturated rings. The van der Waals surface area contributed by atoms with E-state index >= 15 is 0 Å². The van der Waals surface area contributed by atoms with Crippen LogP contribution in [0.5, 0.6) is 5.75 Å². The second-order valence-electron chi connectivity index (χ2n) is 5.64. The van der Waals surface area contributed by atoms with E-state index < -0.39 is 24.1 Å². The van der Waals surface area contributed by atoms with E-state index in [0.717, 1.165) is 23.6 Å². The van der Waals surface area contributed by atoms with E-state index in [9.17, 15) is 9.59 Å². The van der Waals surface area contributed by atoms with Gasteiger partial charge in [0.15, 0.2) is 12.2 Å². The highest BCUT2D eigenvalue weighted by Gasteiger charge is 2.29. The van der Waals surface area contributed by atoms with Crippen LogP contribution in [-0.4, -0.2) is 61.2 Å². The van der Waals surface area contributed by atoms with Gasteiger partial charge in [-0.15, -0.1) is 0 Å². The average Bonchev–Trinajstić information content (AvgIpc) is 3.14. The van der Waals surface area contributed by atoms with Crippen LogP contribution < -0.4 is 4.74 Å². The first-order valence-corrected chi connectivity index (χ1v) is 8.28. The van der Waals surface area contributed by atoms with Gasteiger partial charge >= 0.3 is 11.9 Å². The lowest BCUT2D eigenvalue weighted by Gasteiger charge is -2.07. The molecule has 27 heavy (non-hydrogen) atoms. The molecule has 2 rings (SSSR count). The Labute approximate surface area is 156 Å². The molecule has 0 unspecified atom stereocenters. The van der Waals surface area contributed by atoms with Crippen molar-refractivity contribution in [1.29, 1.82) is 0 Å². The summed E-state index contributed by atoms with van der Waals surface area (Å²) in [5.41, 5.74) is 2.14. The fourth-order valence-electron chi connectivity index (χ4n) is 2.00. The average molecular weight is 380 g/mol. The minimum absolute atomic E-state index is 0.874. The number of methoxy groups -OCH3 is 1. The number of carboxylic acid groups (broad SMARTS) is 2. The molecule has 0 aliphatic heterocycles. The Hall–Kier alpha value is -2.91. The van der Waals surface area contributed by atoms with E-state index in [1.165, 1.54) is 12.8 Å². The normalized spacial score (nSPS) is 12.4. The molecule has 9 nitrogen and oxygen atoms in total. The molecule has 0 saturated heterocycles. The minimum Gasteiger partial charge on any atom is -0.497 e. The van der Waals surface area contributed by atoms with Crippen molar-refractivity contribution in [3.8, 4) is 17.0 Å². The molecule has 0 bridgehead atoms. The van der Waals surface area contributed by atoms with Crippen molar-refractivity contribution in [2.75, 3.05) is 7.11 Å². The van der Waals surface area contributed by atoms with Gasteiger partial charge in [0.25, 0.3) is 0 Å². The largest absolute Gasteiger partial charge is 0.497 e. The molecule has 0 spiro atoms.